The van der Waals surface area contributed by atoms with Crippen molar-refractivity contribution >= 4 is 27.2 Å². The van der Waals surface area contributed by atoms with Gasteiger partial charge in [0.25, 0.3) is 0 Å². The van der Waals surface area contributed by atoms with E-state index in [0.717, 1.165) is 6.26 Å². The zero-order valence-corrected chi connectivity index (χ0v) is 11.2. The van der Waals surface area contributed by atoms with Crippen molar-refractivity contribution in [3.8, 4) is 11.5 Å². The average Bonchev–Trinajstić information content (AvgIpc) is 2.25. The van der Waals surface area contributed by atoms with Gasteiger partial charge in [-0.05, 0) is 6.07 Å². The number of fused-ring (bicyclic) bond motifs is 1. The zero-order chi connectivity index (χ0) is 13.3. The van der Waals surface area contributed by atoms with Crippen molar-refractivity contribution in [1.82, 2.24) is 0 Å². The van der Waals surface area contributed by atoms with E-state index in [1.165, 1.54) is 12.1 Å². The fraction of sp³-hybridized carbons (Fsp3) is 0.364. The molecule has 0 amide bonds. The fourth-order valence-electron chi connectivity index (χ4n) is 1.59. The Hall–Kier alpha value is -1.27. The van der Waals surface area contributed by atoms with Crippen LogP contribution < -0.4 is 9.47 Å². The van der Waals surface area contributed by atoms with Gasteiger partial charge in [-0.15, -0.1) is 0 Å². The molecule has 1 aromatic carbocycles. The molecular weight excluding hydrogens is 280 g/mol. The number of halogens is 1. The van der Waals surface area contributed by atoms with Crippen LogP contribution in [0.25, 0.3) is 0 Å². The van der Waals surface area contributed by atoms with E-state index >= 15 is 0 Å². The van der Waals surface area contributed by atoms with Gasteiger partial charge in [0.15, 0.2) is 27.1 Å². The Bertz CT molecular complexity index is 594. The van der Waals surface area contributed by atoms with Gasteiger partial charge in [0, 0.05) is 17.9 Å². The summed E-state index contributed by atoms with van der Waals surface area (Å²) in [7, 11) is -3.39. The van der Waals surface area contributed by atoms with Crippen LogP contribution in [0.15, 0.2) is 12.1 Å². The van der Waals surface area contributed by atoms with Crippen molar-refractivity contribution in [3.63, 3.8) is 0 Å². The summed E-state index contributed by atoms with van der Waals surface area (Å²) < 4.78 is 32.8. The molecule has 18 heavy (non-hydrogen) atoms. The van der Waals surface area contributed by atoms with E-state index in [0.29, 0.717) is 24.7 Å². The molecule has 0 saturated carbocycles. The van der Waals surface area contributed by atoms with Crippen molar-refractivity contribution in [2.45, 2.75) is 0 Å². The smallest absolute Gasteiger partial charge is 0.179 e. The van der Waals surface area contributed by atoms with Crippen molar-refractivity contribution in [2.24, 2.45) is 0 Å². The number of benzene rings is 1. The quantitative estimate of drug-likeness (QED) is 0.786. The summed E-state index contributed by atoms with van der Waals surface area (Å²) >= 11 is 5.93. The summed E-state index contributed by atoms with van der Waals surface area (Å²) in [4.78, 5) is 11.8. The van der Waals surface area contributed by atoms with Gasteiger partial charge in [-0.2, -0.15) is 0 Å². The van der Waals surface area contributed by atoms with E-state index in [-0.39, 0.29) is 10.6 Å². The summed E-state index contributed by atoms with van der Waals surface area (Å²) in [6, 6.07) is 2.88. The first-order chi connectivity index (χ1) is 8.37. The SMILES string of the molecule is CS(=O)(=O)CC(=O)c1cc2c(cc1Cl)OCCO2. The molecule has 1 aromatic rings. The average molecular weight is 291 g/mol. The zero-order valence-electron chi connectivity index (χ0n) is 9.60. The summed E-state index contributed by atoms with van der Waals surface area (Å²) in [6.45, 7) is 0.800. The Morgan fingerprint density at radius 3 is 2.39 bits per heavy atom. The Morgan fingerprint density at radius 2 is 1.83 bits per heavy atom. The van der Waals surface area contributed by atoms with Crippen molar-refractivity contribution in [2.75, 3.05) is 25.2 Å². The highest BCUT2D eigenvalue weighted by Crippen LogP contribution is 2.35. The highest BCUT2D eigenvalue weighted by molar-refractivity contribution is 7.91. The molecule has 0 aromatic heterocycles. The molecule has 0 N–H and O–H groups in total. The second-order valence-corrected chi connectivity index (χ2v) is 6.52. The van der Waals surface area contributed by atoms with Crippen LogP contribution in [0.5, 0.6) is 11.5 Å². The molecule has 0 radical (unpaired) electrons. The summed E-state index contributed by atoms with van der Waals surface area (Å²) in [6.07, 6.45) is 0.997. The third-order valence-corrected chi connectivity index (χ3v) is 3.42. The predicted molar refractivity (Wildman–Crippen MR) is 66.5 cm³/mol. The van der Waals surface area contributed by atoms with Crippen molar-refractivity contribution < 1.29 is 22.7 Å². The second kappa shape index (κ2) is 4.78. The van der Waals surface area contributed by atoms with E-state index < -0.39 is 21.4 Å². The summed E-state index contributed by atoms with van der Waals surface area (Å²) in [5.74, 6) is -0.268. The van der Waals surface area contributed by atoms with Crippen LogP contribution in [0.1, 0.15) is 10.4 Å². The van der Waals surface area contributed by atoms with Crippen LogP contribution >= 0.6 is 11.6 Å². The molecule has 0 saturated heterocycles. The van der Waals surface area contributed by atoms with Gasteiger partial charge < -0.3 is 9.47 Å². The van der Waals surface area contributed by atoms with E-state index in [9.17, 15) is 13.2 Å². The molecule has 0 fully saturated rings. The standard InChI is InChI=1S/C11H11ClO5S/c1-18(14,15)6-9(13)7-4-10-11(5-8(7)12)17-3-2-16-10/h4-5H,2-3,6H2,1H3. The first-order valence-electron chi connectivity index (χ1n) is 5.17. The first-order valence-corrected chi connectivity index (χ1v) is 7.61. The molecule has 1 aliphatic heterocycles. The number of sulfone groups is 1. The van der Waals surface area contributed by atoms with Gasteiger partial charge in [-0.1, -0.05) is 11.6 Å². The Morgan fingerprint density at radius 1 is 1.28 bits per heavy atom. The fourth-order valence-corrected chi connectivity index (χ4v) is 2.48. The first kappa shape index (κ1) is 13.2. The number of rotatable bonds is 3. The lowest BCUT2D eigenvalue weighted by molar-refractivity contribution is 0.102. The van der Waals surface area contributed by atoms with Gasteiger partial charge in [-0.3, -0.25) is 4.79 Å². The monoisotopic (exact) mass is 290 g/mol. The third-order valence-electron chi connectivity index (χ3n) is 2.33. The lowest BCUT2D eigenvalue weighted by Gasteiger charge is -2.19. The van der Waals surface area contributed by atoms with Crippen LogP contribution in [0, 0.1) is 0 Å². The van der Waals surface area contributed by atoms with E-state index in [4.69, 9.17) is 21.1 Å². The van der Waals surface area contributed by atoms with E-state index in [1.807, 2.05) is 0 Å². The number of ether oxygens (including phenoxy) is 2. The van der Waals surface area contributed by atoms with Gasteiger partial charge in [0.1, 0.15) is 19.0 Å². The van der Waals surface area contributed by atoms with Crippen molar-refractivity contribution in [3.05, 3.63) is 22.7 Å². The maximum atomic E-state index is 11.8. The molecule has 0 unspecified atom stereocenters. The molecule has 0 bridgehead atoms. The van der Waals surface area contributed by atoms with Gasteiger partial charge in [0.2, 0.25) is 0 Å². The molecule has 5 nitrogen and oxygen atoms in total. The number of carbonyl (C=O) groups is 1. The lowest BCUT2D eigenvalue weighted by atomic mass is 10.1. The Labute approximate surface area is 110 Å². The van der Waals surface area contributed by atoms with Crippen LogP contribution in [0.4, 0.5) is 0 Å². The molecule has 98 valence electrons. The number of carbonyl (C=O) groups excluding carboxylic acids is 1. The molecule has 1 aliphatic rings. The minimum absolute atomic E-state index is 0.131. The number of hydrogen-bond donors (Lipinski definition) is 0. The minimum atomic E-state index is -3.39. The highest BCUT2D eigenvalue weighted by Gasteiger charge is 2.21. The molecule has 0 aliphatic carbocycles. The van der Waals surface area contributed by atoms with Gasteiger partial charge >= 0.3 is 0 Å². The van der Waals surface area contributed by atoms with Crippen molar-refractivity contribution in [1.29, 1.82) is 0 Å². The maximum absolute atomic E-state index is 11.8. The van der Waals surface area contributed by atoms with Gasteiger partial charge in [-0.25, -0.2) is 8.42 Å². The highest BCUT2D eigenvalue weighted by atomic mass is 35.5. The van der Waals surface area contributed by atoms with E-state index in [2.05, 4.69) is 0 Å². The normalized spacial score (nSPS) is 14.3. The topological polar surface area (TPSA) is 69.7 Å². The Kier molecular flexibility index (Phi) is 3.49. The second-order valence-electron chi connectivity index (χ2n) is 3.97. The summed E-state index contributed by atoms with van der Waals surface area (Å²) in [5.41, 5.74) is 0.131. The Balaban J connectivity index is 2.36. The van der Waals surface area contributed by atoms with E-state index in [1.54, 1.807) is 0 Å². The van der Waals surface area contributed by atoms with Crippen LogP contribution in [-0.4, -0.2) is 39.4 Å². The molecule has 0 atom stereocenters. The number of ketones is 1. The molecule has 1 heterocycles. The predicted octanol–water partition coefficient (Wildman–Crippen LogP) is 1.34. The maximum Gasteiger partial charge on any atom is 0.179 e. The third kappa shape index (κ3) is 2.94. The van der Waals surface area contributed by atoms with Gasteiger partial charge in [0.05, 0.1) is 5.02 Å². The molecular formula is C11H11ClO5S. The van der Waals surface area contributed by atoms with Crippen LogP contribution in [0.2, 0.25) is 5.02 Å². The number of hydrogen-bond acceptors (Lipinski definition) is 5. The van der Waals surface area contributed by atoms with Crippen LogP contribution in [-0.2, 0) is 9.84 Å². The largest absolute Gasteiger partial charge is 0.486 e. The minimum Gasteiger partial charge on any atom is -0.486 e. The number of Topliss-reactive ketones (excluding diaryl/α,β-unsaturated/α-hetero) is 1. The molecule has 2 rings (SSSR count). The molecule has 7 heteroatoms. The lowest BCUT2D eigenvalue weighted by Crippen LogP contribution is -2.18. The van der Waals surface area contributed by atoms with Crippen LogP contribution in [0.3, 0.4) is 0 Å². The molecule has 0 spiro atoms. The summed E-state index contributed by atoms with van der Waals surface area (Å²) in [5, 5.41) is 0.160.